The fourth-order valence-corrected chi connectivity index (χ4v) is 3.09. The molecular formula is C16H35N3. The standard InChI is InChI=1S/C16H35N3/c1-6-19-11-8-15(9-12-19)18(5)16(4,13-17)10-7-14(2)3/h14-15H,6-13,17H2,1-5H3. The van der Waals surface area contributed by atoms with Crippen LogP contribution < -0.4 is 5.73 Å². The summed E-state index contributed by atoms with van der Waals surface area (Å²) in [5.41, 5.74) is 6.27. The van der Waals surface area contributed by atoms with E-state index in [1.165, 1.54) is 45.3 Å². The molecule has 0 aromatic rings. The van der Waals surface area contributed by atoms with Crippen molar-refractivity contribution < 1.29 is 0 Å². The summed E-state index contributed by atoms with van der Waals surface area (Å²) in [4.78, 5) is 5.14. The van der Waals surface area contributed by atoms with Crippen molar-refractivity contribution in [2.75, 3.05) is 33.2 Å². The fraction of sp³-hybridized carbons (Fsp3) is 1.00. The maximum atomic E-state index is 6.10. The van der Waals surface area contributed by atoms with Crippen LogP contribution in [0.15, 0.2) is 0 Å². The molecule has 1 saturated heterocycles. The summed E-state index contributed by atoms with van der Waals surface area (Å²) >= 11 is 0. The van der Waals surface area contributed by atoms with E-state index < -0.39 is 0 Å². The second-order valence-corrected chi connectivity index (χ2v) is 6.91. The largest absolute Gasteiger partial charge is 0.329 e. The third-order valence-electron chi connectivity index (χ3n) is 5.10. The second kappa shape index (κ2) is 7.61. The molecule has 3 heteroatoms. The fourth-order valence-electron chi connectivity index (χ4n) is 3.09. The van der Waals surface area contributed by atoms with Gasteiger partial charge in [0.25, 0.3) is 0 Å². The topological polar surface area (TPSA) is 32.5 Å². The molecule has 1 aliphatic heterocycles. The molecule has 0 spiro atoms. The molecule has 1 rings (SSSR count). The van der Waals surface area contributed by atoms with E-state index in [0.29, 0.717) is 6.04 Å². The van der Waals surface area contributed by atoms with Gasteiger partial charge in [-0.2, -0.15) is 0 Å². The number of rotatable bonds is 7. The Morgan fingerprint density at radius 2 is 1.89 bits per heavy atom. The SMILES string of the molecule is CCN1CCC(N(C)C(C)(CN)CCC(C)C)CC1. The first-order valence-electron chi connectivity index (χ1n) is 8.08. The first kappa shape index (κ1) is 16.9. The average Bonchev–Trinajstić information content (AvgIpc) is 2.44. The van der Waals surface area contributed by atoms with E-state index in [-0.39, 0.29) is 5.54 Å². The van der Waals surface area contributed by atoms with Crippen LogP contribution in [0.3, 0.4) is 0 Å². The van der Waals surface area contributed by atoms with Gasteiger partial charge in [0.1, 0.15) is 0 Å². The highest BCUT2D eigenvalue weighted by Gasteiger charge is 2.33. The van der Waals surface area contributed by atoms with Gasteiger partial charge in [-0.3, -0.25) is 4.90 Å². The van der Waals surface area contributed by atoms with Gasteiger partial charge in [0.2, 0.25) is 0 Å². The maximum Gasteiger partial charge on any atom is 0.0303 e. The van der Waals surface area contributed by atoms with Crippen LogP contribution in [0.1, 0.15) is 53.4 Å². The highest BCUT2D eigenvalue weighted by Crippen LogP contribution is 2.27. The van der Waals surface area contributed by atoms with Gasteiger partial charge >= 0.3 is 0 Å². The zero-order valence-electron chi connectivity index (χ0n) is 13.8. The van der Waals surface area contributed by atoms with Crippen molar-refractivity contribution in [3.05, 3.63) is 0 Å². The van der Waals surface area contributed by atoms with Gasteiger partial charge in [0.05, 0.1) is 0 Å². The summed E-state index contributed by atoms with van der Waals surface area (Å²) in [6, 6.07) is 0.712. The normalized spacial score (nSPS) is 22.1. The van der Waals surface area contributed by atoms with Crippen LogP contribution in [0, 0.1) is 5.92 Å². The number of piperidine rings is 1. The van der Waals surface area contributed by atoms with E-state index in [9.17, 15) is 0 Å². The lowest BCUT2D eigenvalue weighted by atomic mass is 9.87. The minimum Gasteiger partial charge on any atom is -0.329 e. The number of hydrogen-bond donors (Lipinski definition) is 1. The van der Waals surface area contributed by atoms with Gasteiger partial charge in [0.15, 0.2) is 0 Å². The van der Waals surface area contributed by atoms with E-state index >= 15 is 0 Å². The van der Waals surface area contributed by atoms with Gasteiger partial charge in [-0.1, -0.05) is 20.8 Å². The summed E-state index contributed by atoms with van der Waals surface area (Å²) in [5, 5.41) is 0. The van der Waals surface area contributed by atoms with E-state index in [1.807, 2.05) is 0 Å². The lowest BCUT2D eigenvalue weighted by Gasteiger charge is -2.46. The van der Waals surface area contributed by atoms with Crippen molar-refractivity contribution in [3.63, 3.8) is 0 Å². The molecule has 3 nitrogen and oxygen atoms in total. The predicted molar refractivity (Wildman–Crippen MR) is 84.4 cm³/mol. The van der Waals surface area contributed by atoms with Crippen molar-refractivity contribution >= 4 is 0 Å². The molecule has 1 fully saturated rings. The Morgan fingerprint density at radius 3 is 2.32 bits per heavy atom. The van der Waals surface area contributed by atoms with E-state index in [1.54, 1.807) is 0 Å². The molecule has 1 atom stereocenters. The number of nitrogens with zero attached hydrogens (tertiary/aromatic N) is 2. The van der Waals surface area contributed by atoms with Crippen molar-refractivity contribution in [1.29, 1.82) is 0 Å². The third kappa shape index (κ3) is 4.73. The minimum absolute atomic E-state index is 0.170. The van der Waals surface area contributed by atoms with Crippen LogP contribution in [0.25, 0.3) is 0 Å². The van der Waals surface area contributed by atoms with E-state index in [2.05, 4.69) is 44.5 Å². The smallest absolute Gasteiger partial charge is 0.0303 e. The Kier molecular flexibility index (Phi) is 6.78. The van der Waals surface area contributed by atoms with Crippen molar-refractivity contribution in [3.8, 4) is 0 Å². The molecule has 114 valence electrons. The number of hydrogen-bond acceptors (Lipinski definition) is 3. The number of nitrogens with two attached hydrogens (primary N) is 1. The predicted octanol–water partition coefficient (Wildman–Crippen LogP) is 2.56. The summed E-state index contributed by atoms with van der Waals surface area (Å²) < 4.78 is 0. The molecule has 0 amide bonds. The van der Waals surface area contributed by atoms with Crippen molar-refractivity contribution in [2.45, 2.75) is 65.0 Å². The molecular weight excluding hydrogens is 234 g/mol. The minimum atomic E-state index is 0.170. The van der Waals surface area contributed by atoms with Crippen LogP contribution in [0.2, 0.25) is 0 Å². The third-order valence-corrected chi connectivity index (χ3v) is 5.10. The maximum absolute atomic E-state index is 6.10. The summed E-state index contributed by atoms with van der Waals surface area (Å²) in [7, 11) is 2.29. The molecule has 0 saturated carbocycles. The van der Waals surface area contributed by atoms with Crippen molar-refractivity contribution in [1.82, 2.24) is 9.80 Å². The number of likely N-dealkylation sites (N-methyl/N-ethyl adjacent to an activating group) is 1. The Balaban J connectivity index is 2.55. The Hall–Kier alpha value is -0.120. The van der Waals surface area contributed by atoms with Gasteiger partial charge in [-0.05, 0) is 65.2 Å². The van der Waals surface area contributed by atoms with E-state index in [4.69, 9.17) is 5.73 Å². The van der Waals surface area contributed by atoms with Crippen molar-refractivity contribution in [2.24, 2.45) is 11.7 Å². The summed E-state index contributed by atoms with van der Waals surface area (Å²) in [5.74, 6) is 0.765. The molecule has 0 radical (unpaired) electrons. The van der Waals surface area contributed by atoms with Crippen LogP contribution in [-0.4, -0.2) is 54.6 Å². The molecule has 1 heterocycles. The average molecular weight is 269 g/mol. The van der Waals surface area contributed by atoms with Gasteiger partial charge in [-0.15, -0.1) is 0 Å². The quantitative estimate of drug-likeness (QED) is 0.771. The molecule has 2 N–H and O–H groups in total. The van der Waals surface area contributed by atoms with Gasteiger partial charge < -0.3 is 10.6 Å². The first-order valence-corrected chi connectivity index (χ1v) is 8.08. The molecule has 0 aliphatic carbocycles. The van der Waals surface area contributed by atoms with Crippen LogP contribution in [0.4, 0.5) is 0 Å². The lowest BCUT2D eigenvalue weighted by molar-refractivity contribution is 0.0418. The molecule has 1 unspecified atom stereocenters. The summed E-state index contributed by atoms with van der Waals surface area (Å²) in [6.07, 6.45) is 5.07. The summed E-state index contributed by atoms with van der Waals surface area (Å²) in [6.45, 7) is 13.7. The highest BCUT2D eigenvalue weighted by atomic mass is 15.2. The van der Waals surface area contributed by atoms with Crippen LogP contribution in [0.5, 0.6) is 0 Å². The zero-order chi connectivity index (χ0) is 14.5. The molecule has 0 aromatic heterocycles. The Bertz CT molecular complexity index is 246. The lowest BCUT2D eigenvalue weighted by Crippen LogP contribution is -2.56. The van der Waals surface area contributed by atoms with Crippen LogP contribution >= 0.6 is 0 Å². The second-order valence-electron chi connectivity index (χ2n) is 6.91. The van der Waals surface area contributed by atoms with Gasteiger partial charge in [0, 0.05) is 18.1 Å². The Morgan fingerprint density at radius 1 is 1.32 bits per heavy atom. The monoisotopic (exact) mass is 269 g/mol. The van der Waals surface area contributed by atoms with Gasteiger partial charge in [-0.25, -0.2) is 0 Å². The van der Waals surface area contributed by atoms with Crippen LogP contribution in [-0.2, 0) is 0 Å². The zero-order valence-corrected chi connectivity index (χ0v) is 13.8. The van der Waals surface area contributed by atoms with E-state index in [0.717, 1.165) is 12.5 Å². The number of likely N-dealkylation sites (tertiary alicyclic amines) is 1. The Labute approximate surface area is 120 Å². The molecule has 0 bridgehead atoms. The highest BCUT2D eigenvalue weighted by molar-refractivity contribution is 4.91. The molecule has 0 aromatic carbocycles. The first-order chi connectivity index (χ1) is 8.92. The molecule has 19 heavy (non-hydrogen) atoms. The molecule has 1 aliphatic rings.